The second kappa shape index (κ2) is 10.6. The molecule has 1 aliphatic carbocycles. The number of fused-ring (bicyclic) bond motifs is 4. The number of hydrazine groups is 1. The van der Waals surface area contributed by atoms with Crippen LogP contribution in [0.4, 0.5) is 0 Å². The molecule has 0 spiro atoms. The lowest BCUT2D eigenvalue weighted by molar-refractivity contribution is -0.0439. The first-order valence-electron chi connectivity index (χ1n) is 15.1. The van der Waals surface area contributed by atoms with Crippen molar-refractivity contribution in [2.24, 2.45) is 5.92 Å². The minimum absolute atomic E-state index is 0.0458. The molecule has 6 heterocycles. The molecule has 4 atom stereocenters. The molecule has 41 heavy (non-hydrogen) atoms. The Bertz CT molecular complexity index is 1440. The summed E-state index contributed by atoms with van der Waals surface area (Å²) in [5.74, 6) is 1.41. The van der Waals surface area contributed by atoms with Crippen LogP contribution >= 0.6 is 0 Å². The largest absolute Gasteiger partial charge is 0.493 e. The van der Waals surface area contributed by atoms with Crippen LogP contribution in [0.2, 0.25) is 0 Å². The Morgan fingerprint density at radius 3 is 2.78 bits per heavy atom. The van der Waals surface area contributed by atoms with Gasteiger partial charge in [0.05, 0.1) is 19.3 Å². The van der Waals surface area contributed by atoms with Crippen LogP contribution < -0.4 is 30.1 Å². The summed E-state index contributed by atoms with van der Waals surface area (Å²) in [6.45, 7) is 9.31. The number of hydrogen-bond donors (Lipinski definition) is 1. The lowest BCUT2D eigenvalue weighted by Gasteiger charge is -2.50. The third-order valence-corrected chi connectivity index (χ3v) is 9.08. The van der Waals surface area contributed by atoms with Crippen LogP contribution in [0.5, 0.6) is 17.2 Å². The number of ether oxygens (including phenoxy) is 3. The molecule has 6 aliphatic rings. The Labute approximate surface area is 241 Å². The molecule has 2 unspecified atom stereocenters. The van der Waals surface area contributed by atoms with Crippen molar-refractivity contribution >= 4 is 18.1 Å². The summed E-state index contributed by atoms with van der Waals surface area (Å²) in [5, 5.41) is 4.74. The number of piperidine rings is 1. The number of methoxy groups -OCH3 is 1. The van der Waals surface area contributed by atoms with Crippen molar-refractivity contribution in [2.45, 2.75) is 70.4 Å². The van der Waals surface area contributed by atoms with Gasteiger partial charge in [0.2, 0.25) is 11.5 Å². The number of carbonyl (C=O) groups is 1. The number of amides is 1. The van der Waals surface area contributed by atoms with E-state index in [1.165, 1.54) is 29.8 Å². The van der Waals surface area contributed by atoms with Gasteiger partial charge in [0.25, 0.3) is 5.91 Å². The van der Waals surface area contributed by atoms with E-state index in [2.05, 4.69) is 33.6 Å². The zero-order chi connectivity index (χ0) is 28.1. The number of aromatic nitrogens is 1. The van der Waals surface area contributed by atoms with E-state index in [0.29, 0.717) is 53.9 Å². The van der Waals surface area contributed by atoms with Crippen LogP contribution in [0.3, 0.4) is 0 Å². The Kier molecular flexibility index (Phi) is 6.92. The van der Waals surface area contributed by atoms with E-state index in [1.807, 2.05) is 24.9 Å². The van der Waals surface area contributed by atoms with Crippen molar-refractivity contribution in [3.05, 3.63) is 46.1 Å². The first kappa shape index (κ1) is 26.7. The summed E-state index contributed by atoms with van der Waals surface area (Å²) in [6.07, 6.45) is 12.1. The molecule has 1 amide bonds. The molecular formula is C32H41N5O4. The van der Waals surface area contributed by atoms with Gasteiger partial charge in [-0.2, -0.15) is 0 Å². The molecule has 4 saturated heterocycles. The monoisotopic (exact) mass is 559 g/mol. The molecule has 1 N–H and O–H groups in total. The van der Waals surface area contributed by atoms with Crippen LogP contribution in [-0.2, 0) is 6.54 Å². The van der Waals surface area contributed by atoms with Crippen molar-refractivity contribution < 1.29 is 19.0 Å². The van der Waals surface area contributed by atoms with Crippen LogP contribution in [0, 0.1) is 5.92 Å². The molecule has 5 aliphatic heterocycles. The van der Waals surface area contributed by atoms with Crippen molar-refractivity contribution in [1.82, 2.24) is 25.2 Å². The molecule has 4 fully saturated rings. The fraction of sp³-hybridized carbons (Fsp3) is 0.562. The second-order valence-corrected chi connectivity index (χ2v) is 12.7. The number of carbonyl (C=O) groups excluding carboxylic acids is 1. The Morgan fingerprint density at radius 1 is 1.17 bits per heavy atom. The van der Waals surface area contributed by atoms with Gasteiger partial charge in [-0.25, -0.2) is 5.01 Å². The van der Waals surface area contributed by atoms with Gasteiger partial charge in [0.15, 0.2) is 11.5 Å². The van der Waals surface area contributed by atoms with Gasteiger partial charge < -0.3 is 19.1 Å². The quantitative estimate of drug-likeness (QED) is 0.528. The molecule has 1 aromatic carbocycles. The third-order valence-electron chi connectivity index (χ3n) is 9.08. The topological polar surface area (TPSA) is 79.4 Å². The number of rotatable bonds is 8. The molecular weight excluding hydrogens is 518 g/mol. The van der Waals surface area contributed by atoms with Crippen LogP contribution in [0.25, 0.3) is 12.2 Å². The molecule has 218 valence electrons. The highest BCUT2D eigenvalue weighted by molar-refractivity contribution is 5.95. The molecule has 2 bridgehead atoms. The lowest BCUT2D eigenvalue weighted by atomic mass is 9.91. The number of hydrogen-bond acceptors (Lipinski definition) is 8. The molecule has 0 radical (unpaired) electrons. The third kappa shape index (κ3) is 5.43. The Morgan fingerprint density at radius 2 is 2.00 bits per heavy atom. The van der Waals surface area contributed by atoms with Gasteiger partial charge in [-0.3, -0.25) is 20.1 Å². The van der Waals surface area contributed by atoms with E-state index >= 15 is 0 Å². The maximum atomic E-state index is 14.3. The van der Waals surface area contributed by atoms with E-state index in [1.54, 1.807) is 19.2 Å². The molecule has 9 nitrogen and oxygen atoms in total. The number of likely N-dealkylation sites (tertiary alicyclic amines) is 1. The van der Waals surface area contributed by atoms with Crippen molar-refractivity contribution in [3.63, 3.8) is 0 Å². The Hall–Kier alpha value is -3.14. The van der Waals surface area contributed by atoms with Crippen LogP contribution in [-0.4, -0.2) is 83.4 Å². The second-order valence-electron chi connectivity index (χ2n) is 12.7. The molecule has 2 aromatic rings. The summed E-state index contributed by atoms with van der Waals surface area (Å²) in [7, 11) is 1.60. The number of nitrogens with one attached hydrogen (secondary N) is 1. The number of nitrogens with zero attached hydrogens (tertiary/aromatic N) is 4. The SMILES string of the molecule is COc1cc(C(=O)N(Cc2cc3c(cn2)=CCCC=3)C[C@@H]2CCCN2C[C@@H]2CC3CN(C2)N3)cc2c1OC(C)(C)O2. The first-order valence-corrected chi connectivity index (χ1v) is 15.1. The summed E-state index contributed by atoms with van der Waals surface area (Å²) in [4.78, 5) is 23.7. The zero-order valence-corrected chi connectivity index (χ0v) is 24.4. The van der Waals surface area contributed by atoms with Crippen LogP contribution in [0.15, 0.2) is 24.4 Å². The smallest absolute Gasteiger partial charge is 0.254 e. The average Bonchev–Trinajstić information content (AvgIpc) is 3.52. The average molecular weight is 560 g/mol. The fourth-order valence-electron chi connectivity index (χ4n) is 7.20. The van der Waals surface area contributed by atoms with Gasteiger partial charge in [0, 0.05) is 63.9 Å². The summed E-state index contributed by atoms with van der Waals surface area (Å²) < 4.78 is 17.6. The predicted molar refractivity (Wildman–Crippen MR) is 156 cm³/mol. The van der Waals surface area contributed by atoms with Crippen molar-refractivity contribution in [2.75, 3.05) is 39.8 Å². The van der Waals surface area contributed by atoms with E-state index < -0.39 is 5.79 Å². The predicted octanol–water partition coefficient (Wildman–Crippen LogP) is 2.27. The molecule has 1 aromatic heterocycles. The summed E-state index contributed by atoms with van der Waals surface area (Å²) in [6, 6.07) is 6.70. The summed E-state index contributed by atoms with van der Waals surface area (Å²) >= 11 is 0. The molecule has 8 rings (SSSR count). The zero-order valence-electron chi connectivity index (χ0n) is 24.4. The van der Waals surface area contributed by atoms with Gasteiger partial charge >= 0.3 is 0 Å². The van der Waals surface area contributed by atoms with E-state index in [4.69, 9.17) is 19.2 Å². The maximum absolute atomic E-state index is 14.3. The van der Waals surface area contributed by atoms with Gasteiger partial charge in [-0.15, -0.1) is 0 Å². The van der Waals surface area contributed by atoms with Gasteiger partial charge in [0.1, 0.15) is 0 Å². The fourth-order valence-corrected chi connectivity index (χ4v) is 7.20. The highest BCUT2D eigenvalue weighted by Crippen LogP contribution is 2.47. The van der Waals surface area contributed by atoms with Gasteiger partial charge in [-0.05, 0) is 73.2 Å². The highest BCUT2D eigenvalue weighted by atomic mass is 16.7. The number of benzene rings is 1. The highest BCUT2D eigenvalue weighted by Gasteiger charge is 2.39. The standard InChI is InChI=1S/C32H41N5O4/c1-32(2)40-29-14-24(13-28(39-3)30(29)41-32)31(38)36(18-25-12-22-7-4-5-8-23(22)15-33-25)20-27-9-6-10-35(27)16-21-11-26-19-37(17-21)34-26/h7-8,12-15,21,26-27,34H,4-6,9-11,16-20H2,1-3H3/t21-,26?,27-/m0/s1. The molecule has 9 heteroatoms. The number of pyridine rings is 1. The maximum Gasteiger partial charge on any atom is 0.254 e. The van der Waals surface area contributed by atoms with Gasteiger partial charge in [-0.1, -0.05) is 12.2 Å². The van der Waals surface area contributed by atoms with Crippen molar-refractivity contribution in [1.29, 1.82) is 0 Å². The van der Waals surface area contributed by atoms with Crippen LogP contribution in [0.1, 0.15) is 62.0 Å². The lowest BCUT2D eigenvalue weighted by Crippen LogP contribution is -2.68. The van der Waals surface area contributed by atoms with E-state index in [9.17, 15) is 4.79 Å². The first-order chi connectivity index (χ1) is 19.8. The Balaban J connectivity index is 1.16. The van der Waals surface area contributed by atoms with E-state index in [-0.39, 0.29) is 5.91 Å². The van der Waals surface area contributed by atoms with E-state index in [0.717, 1.165) is 44.6 Å². The minimum atomic E-state index is -0.812. The minimum Gasteiger partial charge on any atom is -0.493 e. The summed E-state index contributed by atoms with van der Waals surface area (Å²) in [5.41, 5.74) is 4.96. The normalized spacial score (nSPS) is 27.3. The molecule has 0 saturated carbocycles. The van der Waals surface area contributed by atoms with Crippen molar-refractivity contribution in [3.8, 4) is 17.2 Å².